The van der Waals surface area contributed by atoms with Crippen LogP contribution in [0, 0.1) is 13.8 Å². The molecule has 0 aliphatic heterocycles. The maximum atomic E-state index is 13.1. The molecule has 3 heterocycles. The van der Waals surface area contributed by atoms with E-state index in [1.807, 2.05) is 35.7 Å². The number of carbonyl (C=O) groups excluding carboxylic acids is 1. The zero-order chi connectivity index (χ0) is 18.1. The van der Waals surface area contributed by atoms with E-state index in [0.717, 1.165) is 21.5 Å². The molecule has 4 rings (SSSR count). The molecule has 0 aliphatic carbocycles. The normalized spacial score (nSPS) is 11.0. The molecule has 0 fully saturated rings. The molecule has 0 N–H and O–H groups in total. The van der Waals surface area contributed by atoms with Crippen LogP contribution < -0.4 is 4.90 Å². The number of aryl methyl sites for hydroxylation is 2. The maximum absolute atomic E-state index is 13.1. The fraction of sp³-hybridized carbons (Fsp3) is 0.150. The molecule has 3 aromatic heterocycles. The predicted molar refractivity (Wildman–Crippen MR) is 108 cm³/mol. The van der Waals surface area contributed by atoms with Gasteiger partial charge in [0.15, 0.2) is 5.13 Å². The number of hydrogen-bond donors (Lipinski definition) is 0. The van der Waals surface area contributed by atoms with Gasteiger partial charge in [0.2, 0.25) is 0 Å². The highest BCUT2D eigenvalue weighted by Crippen LogP contribution is 2.33. The zero-order valence-electron chi connectivity index (χ0n) is 14.5. The smallest absolute Gasteiger partial charge is 0.270 e. The number of rotatable bonds is 4. The zero-order valence-corrected chi connectivity index (χ0v) is 16.1. The van der Waals surface area contributed by atoms with Crippen LogP contribution in [0.15, 0.2) is 54.0 Å². The van der Waals surface area contributed by atoms with Crippen LogP contribution in [0.5, 0.6) is 0 Å². The van der Waals surface area contributed by atoms with E-state index >= 15 is 0 Å². The van der Waals surface area contributed by atoms with E-state index in [1.165, 1.54) is 16.9 Å². The summed E-state index contributed by atoms with van der Waals surface area (Å²) in [6, 6.07) is 13.7. The van der Waals surface area contributed by atoms with Crippen LogP contribution in [0.4, 0.5) is 5.13 Å². The van der Waals surface area contributed by atoms with Crippen LogP contribution in [0.25, 0.3) is 10.2 Å². The van der Waals surface area contributed by atoms with Crippen LogP contribution >= 0.6 is 22.7 Å². The van der Waals surface area contributed by atoms with Crippen LogP contribution in [0.2, 0.25) is 0 Å². The highest BCUT2D eigenvalue weighted by molar-refractivity contribution is 7.22. The van der Waals surface area contributed by atoms with E-state index in [4.69, 9.17) is 4.98 Å². The summed E-state index contributed by atoms with van der Waals surface area (Å²) >= 11 is 2.99. The van der Waals surface area contributed by atoms with Crippen LogP contribution in [-0.2, 0) is 6.54 Å². The summed E-state index contributed by atoms with van der Waals surface area (Å²) in [7, 11) is 0. The molecule has 4 nitrogen and oxygen atoms in total. The lowest BCUT2D eigenvalue weighted by atomic mass is 10.1. The molecule has 0 spiro atoms. The number of carbonyl (C=O) groups is 1. The Kier molecular flexibility index (Phi) is 4.53. The van der Waals surface area contributed by atoms with Crippen molar-refractivity contribution in [2.24, 2.45) is 0 Å². The molecule has 6 heteroatoms. The number of hydrogen-bond acceptors (Lipinski definition) is 5. The summed E-state index contributed by atoms with van der Waals surface area (Å²) in [5.41, 5.74) is 4.13. The second-order valence-corrected chi connectivity index (χ2v) is 8.07. The van der Waals surface area contributed by atoms with E-state index in [2.05, 4.69) is 31.0 Å². The highest BCUT2D eigenvalue weighted by Gasteiger charge is 2.23. The van der Waals surface area contributed by atoms with Gasteiger partial charge in [-0.2, -0.15) is 0 Å². The number of thiazole rings is 1. The molecule has 0 radical (unpaired) electrons. The first-order chi connectivity index (χ1) is 12.6. The fourth-order valence-corrected chi connectivity index (χ4v) is 4.70. The maximum Gasteiger partial charge on any atom is 0.270 e. The Morgan fingerprint density at radius 3 is 2.77 bits per heavy atom. The summed E-state index contributed by atoms with van der Waals surface area (Å²) in [4.78, 5) is 24.7. The Hall–Kier alpha value is -2.57. The lowest BCUT2D eigenvalue weighted by Gasteiger charge is -2.18. The number of thiophene rings is 1. The van der Waals surface area contributed by atoms with Gasteiger partial charge in [-0.3, -0.25) is 14.7 Å². The number of nitrogens with zero attached hydrogens (tertiary/aromatic N) is 3. The van der Waals surface area contributed by atoms with E-state index in [9.17, 15) is 4.79 Å². The Labute approximate surface area is 159 Å². The van der Waals surface area contributed by atoms with Crippen molar-refractivity contribution in [3.05, 3.63) is 75.7 Å². The minimum absolute atomic E-state index is 0.0425. The van der Waals surface area contributed by atoms with Gasteiger partial charge in [-0.25, -0.2) is 4.98 Å². The van der Waals surface area contributed by atoms with Crippen molar-refractivity contribution in [2.45, 2.75) is 20.4 Å². The molecule has 1 amide bonds. The molecule has 26 heavy (non-hydrogen) atoms. The van der Waals surface area contributed by atoms with E-state index < -0.39 is 0 Å². The molecule has 0 saturated carbocycles. The number of amides is 1. The Balaban J connectivity index is 1.79. The third-order valence-corrected chi connectivity index (χ3v) is 5.96. The summed E-state index contributed by atoms with van der Waals surface area (Å²) in [6.45, 7) is 4.53. The van der Waals surface area contributed by atoms with Crippen molar-refractivity contribution in [1.29, 1.82) is 0 Å². The molecule has 0 aliphatic rings. The van der Waals surface area contributed by atoms with Gasteiger partial charge in [0.1, 0.15) is 0 Å². The number of benzene rings is 1. The van der Waals surface area contributed by atoms with E-state index in [1.54, 1.807) is 22.4 Å². The van der Waals surface area contributed by atoms with Crippen molar-refractivity contribution in [3.8, 4) is 0 Å². The third-order valence-electron chi connectivity index (χ3n) is 4.07. The number of aromatic nitrogens is 2. The van der Waals surface area contributed by atoms with Gasteiger partial charge in [0.25, 0.3) is 5.91 Å². The molecule has 4 aromatic rings. The minimum Gasteiger partial charge on any atom is -0.277 e. The summed E-state index contributed by atoms with van der Waals surface area (Å²) < 4.78 is 1.10. The topological polar surface area (TPSA) is 46.1 Å². The number of fused-ring (bicyclic) bond motifs is 1. The second kappa shape index (κ2) is 6.97. The summed E-state index contributed by atoms with van der Waals surface area (Å²) in [6.07, 6.45) is 1.75. The average molecular weight is 380 g/mol. The molecule has 130 valence electrons. The molecule has 0 unspecified atom stereocenters. The largest absolute Gasteiger partial charge is 0.277 e. The number of pyridine rings is 1. The van der Waals surface area contributed by atoms with Gasteiger partial charge in [0.05, 0.1) is 27.3 Å². The van der Waals surface area contributed by atoms with Gasteiger partial charge in [-0.1, -0.05) is 29.5 Å². The molecular weight excluding hydrogens is 362 g/mol. The van der Waals surface area contributed by atoms with Crippen molar-refractivity contribution in [3.63, 3.8) is 0 Å². The lowest BCUT2D eigenvalue weighted by molar-refractivity contribution is 0.0988. The first kappa shape index (κ1) is 16.9. The van der Waals surface area contributed by atoms with Gasteiger partial charge in [-0.05, 0) is 54.6 Å². The number of anilines is 1. The Morgan fingerprint density at radius 1 is 1.15 bits per heavy atom. The van der Waals surface area contributed by atoms with Crippen molar-refractivity contribution in [2.75, 3.05) is 4.90 Å². The summed E-state index contributed by atoms with van der Waals surface area (Å²) in [5, 5.41) is 2.62. The first-order valence-electron chi connectivity index (χ1n) is 8.25. The minimum atomic E-state index is -0.0425. The van der Waals surface area contributed by atoms with Crippen LogP contribution in [-0.4, -0.2) is 15.9 Å². The average Bonchev–Trinajstić information content (AvgIpc) is 3.29. The van der Waals surface area contributed by atoms with E-state index in [-0.39, 0.29) is 5.91 Å². The molecule has 1 aromatic carbocycles. The SMILES string of the molecule is Cc1cc(C)c2nc(N(Cc3ccccn3)C(=O)c3cccs3)sc2c1. The molecule has 0 atom stereocenters. The van der Waals surface area contributed by atoms with Crippen LogP contribution in [0.3, 0.4) is 0 Å². The lowest BCUT2D eigenvalue weighted by Crippen LogP contribution is -2.30. The quantitative estimate of drug-likeness (QED) is 0.488. The second-order valence-electron chi connectivity index (χ2n) is 6.11. The van der Waals surface area contributed by atoms with E-state index in [0.29, 0.717) is 16.6 Å². The van der Waals surface area contributed by atoms with Gasteiger partial charge >= 0.3 is 0 Å². The van der Waals surface area contributed by atoms with Gasteiger partial charge in [-0.15, -0.1) is 11.3 Å². The van der Waals surface area contributed by atoms with Crippen molar-refractivity contribution >= 4 is 43.9 Å². The van der Waals surface area contributed by atoms with Crippen molar-refractivity contribution < 1.29 is 4.79 Å². The Morgan fingerprint density at radius 2 is 2.04 bits per heavy atom. The fourth-order valence-electron chi connectivity index (χ4n) is 2.89. The van der Waals surface area contributed by atoms with Crippen molar-refractivity contribution in [1.82, 2.24) is 9.97 Å². The Bertz CT molecular complexity index is 1060. The molecular formula is C20H17N3OS2. The molecule has 0 bridgehead atoms. The van der Waals surface area contributed by atoms with Gasteiger partial charge < -0.3 is 0 Å². The monoisotopic (exact) mass is 379 g/mol. The highest BCUT2D eigenvalue weighted by atomic mass is 32.1. The van der Waals surface area contributed by atoms with Gasteiger partial charge in [0, 0.05) is 6.20 Å². The third kappa shape index (κ3) is 3.25. The molecule has 0 saturated heterocycles. The standard InChI is InChI=1S/C20H17N3OS2/c1-13-10-14(2)18-17(11-13)26-20(22-18)23(12-15-6-3-4-8-21-15)19(24)16-7-5-9-25-16/h3-11H,12H2,1-2H3. The summed E-state index contributed by atoms with van der Waals surface area (Å²) in [5.74, 6) is -0.0425. The first-order valence-corrected chi connectivity index (χ1v) is 9.94. The van der Waals surface area contributed by atoms with Crippen LogP contribution in [0.1, 0.15) is 26.5 Å². The predicted octanol–water partition coefficient (Wildman–Crippen LogP) is 5.22.